The molecule has 21 heavy (non-hydrogen) atoms. The van der Waals surface area contributed by atoms with Crippen molar-refractivity contribution in [2.75, 3.05) is 0 Å². The summed E-state index contributed by atoms with van der Waals surface area (Å²) in [7, 11) is 0. The second kappa shape index (κ2) is 7.33. The van der Waals surface area contributed by atoms with Crippen LogP contribution in [-0.4, -0.2) is 10.6 Å². The molecule has 0 unspecified atom stereocenters. The van der Waals surface area contributed by atoms with E-state index in [1.807, 2.05) is 30.3 Å². The maximum Gasteiger partial charge on any atom is 0.269 e. The topological polar surface area (TPSA) is 55.5 Å². The van der Waals surface area contributed by atoms with Crippen LogP contribution < -0.4 is 0 Å². The Morgan fingerprint density at radius 3 is 2.33 bits per heavy atom. The second-order valence-corrected chi connectivity index (χ2v) is 4.80. The number of non-ortho nitro benzene ring substituents is 1. The van der Waals surface area contributed by atoms with Crippen LogP contribution in [0.2, 0.25) is 0 Å². The van der Waals surface area contributed by atoms with Crippen molar-refractivity contribution < 1.29 is 4.92 Å². The highest BCUT2D eigenvalue weighted by Crippen LogP contribution is 2.20. The number of unbranched alkanes of at least 4 members (excludes halogenated alkanes) is 1. The largest absolute Gasteiger partial charge is 0.269 e. The Labute approximate surface area is 124 Å². The Balaban J connectivity index is 2.29. The normalized spacial score (nSPS) is 11.4. The molecular formula is C17H18N2O2. The molecule has 0 spiro atoms. The van der Waals surface area contributed by atoms with Crippen LogP contribution in [0.15, 0.2) is 59.6 Å². The van der Waals surface area contributed by atoms with E-state index < -0.39 is 4.92 Å². The Morgan fingerprint density at radius 1 is 1.10 bits per heavy atom. The van der Waals surface area contributed by atoms with E-state index in [1.165, 1.54) is 12.1 Å². The standard InChI is InChI=1S/C17H18N2O2/c1-2-3-9-17(14-7-5-4-6-8-14)18-15-10-12-16(13-11-15)19(20)21/h4-8,10-13H,2-3,9H2,1H3. The van der Waals surface area contributed by atoms with Crippen molar-refractivity contribution in [1.29, 1.82) is 0 Å². The van der Waals surface area contributed by atoms with Crippen LogP contribution in [0.3, 0.4) is 0 Å². The van der Waals surface area contributed by atoms with Crippen LogP contribution in [0.1, 0.15) is 31.7 Å². The van der Waals surface area contributed by atoms with Crippen molar-refractivity contribution in [3.63, 3.8) is 0 Å². The summed E-state index contributed by atoms with van der Waals surface area (Å²) in [6.45, 7) is 2.15. The molecule has 0 aliphatic rings. The summed E-state index contributed by atoms with van der Waals surface area (Å²) in [5.41, 5.74) is 2.95. The quantitative estimate of drug-likeness (QED) is 0.429. The van der Waals surface area contributed by atoms with Gasteiger partial charge >= 0.3 is 0 Å². The fourth-order valence-electron chi connectivity index (χ4n) is 2.04. The summed E-state index contributed by atoms with van der Waals surface area (Å²) in [5, 5.41) is 10.7. The average molecular weight is 282 g/mol. The molecule has 0 saturated heterocycles. The van der Waals surface area contributed by atoms with Crippen LogP contribution in [0.5, 0.6) is 0 Å². The summed E-state index contributed by atoms with van der Waals surface area (Å²) in [6, 6.07) is 16.4. The van der Waals surface area contributed by atoms with Crippen LogP contribution in [-0.2, 0) is 0 Å². The van der Waals surface area contributed by atoms with Crippen molar-refractivity contribution in [2.24, 2.45) is 4.99 Å². The molecule has 108 valence electrons. The van der Waals surface area contributed by atoms with Gasteiger partial charge in [-0.15, -0.1) is 0 Å². The van der Waals surface area contributed by atoms with Gasteiger partial charge in [0.15, 0.2) is 0 Å². The van der Waals surface area contributed by atoms with Gasteiger partial charge in [-0.25, -0.2) is 0 Å². The molecule has 0 saturated carbocycles. The predicted octanol–water partition coefficient (Wildman–Crippen LogP) is 4.91. The molecule has 0 aliphatic carbocycles. The molecule has 2 aromatic carbocycles. The number of aliphatic imine (C=N–C) groups is 1. The summed E-state index contributed by atoms with van der Waals surface area (Å²) in [4.78, 5) is 14.9. The minimum absolute atomic E-state index is 0.0868. The molecule has 0 amide bonds. The van der Waals surface area contributed by atoms with Gasteiger partial charge in [-0.3, -0.25) is 15.1 Å². The summed E-state index contributed by atoms with van der Waals surface area (Å²) < 4.78 is 0. The van der Waals surface area contributed by atoms with E-state index in [9.17, 15) is 10.1 Å². The number of hydrogen-bond donors (Lipinski definition) is 0. The monoisotopic (exact) mass is 282 g/mol. The van der Waals surface area contributed by atoms with Crippen molar-refractivity contribution in [3.05, 3.63) is 70.3 Å². The van der Waals surface area contributed by atoms with Crippen molar-refractivity contribution in [3.8, 4) is 0 Å². The summed E-state index contributed by atoms with van der Waals surface area (Å²) in [5.74, 6) is 0. The van der Waals surface area contributed by atoms with E-state index in [0.29, 0.717) is 0 Å². The number of nitro benzene ring substituents is 1. The number of benzene rings is 2. The molecule has 0 aliphatic heterocycles. The van der Waals surface area contributed by atoms with Crippen LogP contribution >= 0.6 is 0 Å². The zero-order valence-electron chi connectivity index (χ0n) is 12.0. The lowest BCUT2D eigenvalue weighted by molar-refractivity contribution is -0.384. The lowest BCUT2D eigenvalue weighted by Crippen LogP contribution is -2.00. The van der Waals surface area contributed by atoms with E-state index in [4.69, 9.17) is 0 Å². The molecule has 0 radical (unpaired) electrons. The molecule has 0 fully saturated rings. The van der Waals surface area contributed by atoms with Gasteiger partial charge in [-0.1, -0.05) is 43.7 Å². The van der Waals surface area contributed by atoms with Gasteiger partial charge in [0.05, 0.1) is 10.6 Å². The van der Waals surface area contributed by atoms with Crippen LogP contribution in [0.4, 0.5) is 11.4 Å². The lowest BCUT2D eigenvalue weighted by atomic mass is 10.0. The minimum atomic E-state index is -0.400. The van der Waals surface area contributed by atoms with E-state index in [0.717, 1.165) is 36.2 Å². The van der Waals surface area contributed by atoms with Crippen LogP contribution in [0, 0.1) is 10.1 Å². The van der Waals surface area contributed by atoms with Crippen molar-refractivity contribution in [2.45, 2.75) is 26.2 Å². The first-order valence-electron chi connectivity index (χ1n) is 7.08. The fourth-order valence-corrected chi connectivity index (χ4v) is 2.04. The number of nitrogens with zero attached hydrogens (tertiary/aromatic N) is 2. The molecule has 4 nitrogen and oxygen atoms in total. The maximum atomic E-state index is 10.7. The Bertz CT molecular complexity index is 619. The number of hydrogen-bond acceptors (Lipinski definition) is 3. The Kier molecular flexibility index (Phi) is 5.21. The third-order valence-electron chi connectivity index (χ3n) is 3.20. The van der Waals surface area contributed by atoms with Gasteiger partial charge in [0.2, 0.25) is 0 Å². The first-order chi connectivity index (χ1) is 10.2. The molecule has 0 N–H and O–H groups in total. The average Bonchev–Trinajstić information content (AvgIpc) is 2.52. The maximum absolute atomic E-state index is 10.7. The van der Waals surface area contributed by atoms with E-state index in [2.05, 4.69) is 11.9 Å². The lowest BCUT2D eigenvalue weighted by Gasteiger charge is -2.06. The van der Waals surface area contributed by atoms with E-state index in [-0.39, 0.29) is 5.69 Å². The Hall–Kier alpha value is -2.49. The highest BCUT2D eigenvalue weighted by atomic mass is 16.6. The summed E-state index contributed by atoms with van der Waals surface area (Å²) >= 11 is 0. The third-order valence-corrected chi connectivity index (χ3v) is 3.20. The number of rotatable bonds is 6. The molecule has 0 heterocycles. The van der Waals surface area contributed by atoms with Crippen LogP contribution in [0.25, 0.3) is 0 Å². The molecule has 0 aromatic heterocycles. The van der Waals surface area contributed by atoms with Crippen molar-refractivity contribution >= 4 is 17.1 Å². The predicted molar refractivity (Wildman–Crippen MR) is 85.3 cm³/mol. The smallest absolute Gasteiger partial charge is 0.258 e. The fraction of sp³-hybridized carbons (Fsp3) is 0.235. The summed E-state index contributed by atoms with van der Waals surface area (Å²) in [6.07, 6.45) is 3.07. The van der Waals surface area contributed by atoms with Gasteiger partial charge in [-0.2, -0.15) is 0 Å². The van der Waals surface area contributed by atoms with Gasteiger partial charge in [0, 0.05) is 17.8 Å². The molecule has 0 atom stereocenters. The minimum Gasteiger partial charge on any atom is -0.258 e. The zero-order chi connectivity index (χ0) is 15.1. The molecular weight excluding hydrogens is 264 g/mol. The first-order valence-corrected chi connectivity index (χ1v) is 7.08. The van der Waals surface area contributed by atoms with Gasteiger partial charge < -0.3 is 0 Å². The molecule has 0 bridgehead atoms. The van der Waals surface area contributed by atoms with Gasteiger partial charge in [-0.05, 0) is 30.5 Å². The second-order valence-electron chi connectivity index (χ2n) is 4.80. The van der Waals surface area contributed by atoms with Gasteiger partial charge in [0.25, 0.3) is 5.69 Å². The highest BCUT2D eigenvalue weighted by molar-refractivity contribution is 6.02. The van der Waals surface area contributed by atoms with Crippen molar-refractivity contribution in [1.82, 2.24) is 0 Å². The number of nitro groups is 1. The highest BCUT2D eigenvalue weighted by Gasteiger charge is 2.06. The molecule has 2 aromatic rings. The van der Waals surface area contributed by atoms with E-state index in [1.54, 1.807) is 12.1 Å². The third kappa shape index (κ3) is 4.24. The molecule has 4 heteroatoms. The van der Waals surface area contributed by atoms with Gasteiger partial charge in [0.1, 0.15) is 0 Å². The molecule has 2 rings (SSSR count). The SMILES string of the molecule is CCCCC(=Nc1ccc([N+](=O)[O-])cc1)c1ccccc1. The zero-order valence-corrected chi connectivity index (χ0v) is 12.0. The Morgan fingerprint density at radius 2 is 1.76 bits per heavy atom. The first kappa shape index (κ1) is 14.9. The van der Waals surface area contributed by atoms with E-state index >= 15 is 0 Å².